The van der Waals surface area contributed by atoms with Crippen molar-refractivity contribution in [3.8, 4) is 11.5 Å². The molecule has 1 aromatic carbocycles. The number of pyridine rings is 1. The average Bonchev–Trinajstić information content (AvgIpc) is 2.88. The molecule has 2 aliphatic heterocycles. The van der Waals surface area contributed by atoms with Crippen LogP contribution in [0.5, 0.6) is 11.5 Å². The third-order valence-electron chi connectivity index (χ3n) is 5.42. The van der Waals surface area contributed by atoms with Crippen LogP contribution in [0, 0.1) is 0 Å². The van der Waals surface area contributed by atoms with Gasteiger partial charge in [0.1, 0.15) is 11.5 Å². The van der Waals surface area contributed by atoms with Crippen molar-refractivity contribution in [3.05, 3.63) is 54.4 Å². The second-order valence-corrected chi connectivity index (χ2v) is 6.88. The third-order valence-corrected chi connectivity index (χ3v) is 5.42. The summed E-state index contributed by atoms with van der Waals surface area (Å²) < 4.78 is 5.92. The summed E-state index contributed by atoms with van der Waals surface area (Å²) >= 11 is 0. The van der Waals surface area contributed by atoms with Crippen LogP contribution in [0.15, 0.2) is 48.8 Å². The molecule has 1 aromatic heterocycles. The Hall–Kier alpha value is -2.40. The second-order valence-electron chi connectivity index (χ2n) is 6.88. The molecule has 2 aliphatic rings. The van der Waals surface area contributed by atoms with Gasteiger partial charge in [-0.1, -0.05) is 12.1 Å². The average molecular weight is 337 g/mol. The van der Waals surface area contributed by atoms with Gasteiger partial charge in [-0.2, -0.15) is 0 Å². The Morgan fingerprint density at radius 2 is 1.96 bits per heavy atom. The first-order valence-electron chi connectivity index (χ1n) is 8.90. The Balaban J connectivity index is 1.56. The van der Waals surface area contributed by atoms with E-state index < -0.39 is 0 Å². The summed E-state index contributed by atoms with van der Waals surface area (Å²) in [5.41, 5.74) is 0.617. The summed E-state index contributed by atoms with van der Waals surface area (Å²) in [6.07, 6.45) is 6.83. The lowest BCUT2D eigenvalue weighted by molar-refractivity contribution is 0.0737. The van der Waals surface area contributed by atoms with Gasteiger partial charge in [-0.05, 0) is 50.6 Å². The first-order chi connectivity index (χ1) is 12.2. The van der Waals surface area contributed by atoms with E-state index in [2.05, 4.69) is 16.9 Å². The van der Waals surface area contributed by atoms with E-state index in [9.17, 15) is 4.79 Å². The van der Waals surface area contributed by atoms with Gasteiger partial charge in [-0.25, -0.2) is 0 Å². The lowest BCUT2D eigenvalue weighted by Crippen LogP contribution is -2.39. The van der Waals surface area contributed by atoms with Crippen molar-refractivity contribution in [2.24, 2.45) is 0 Å². The summed E-state index contributed by atoms with van der Waals surface area (Å²) in [6.45, 7) is 1.61. The molecule has 2 aromatic rings. The third kappa shape index (κ3) is 3.24. The van der Waals surface area contributed by atoms with Crippen molar-refractivity contribution in [2.45, 2.75) is 31.3 Å². The van der Waals surface area contributed by atoms with E-state index in [1.807, 2.05) is 41.3 Å². The Kier molecular flexibility index (Phi) is 4.40. The van der Waals surface area contributed by atoms with Gasteiger partial charge in [0.15, 0.2) is 0 Å². The Morgan fingerprint density at radius 3 is 2.80 bits per heavy atom. The van der Waals surface area contributed by atoms with E-state index in [4.69, 9.17) is 4.74 Å². The lowest BCUT2D eigenvalue weighted by atomic mass is 10.1. The highest BCUT2D eigenvalue weighted by Gasteiger charge is 2.36. The Bertz CT molecular complexity index is 750. The molecule has 2 unspecified atom stereocenters. The number of para-hydroxylation sites is 1. The number of benzene rings is 1. The van der Waals surface area contributed by atoms with Gasteiger partial charge in [0.2, 0.25) is 0 Å². The molecule has 5 heteroatoms. The molecule has 0 aliphatic carbocycles. The Labute approximate surface area is 148 Å². The van der Waals surface area contributed by atoms with Gasteiger partial charge < -0.3 is 9.64 Å². The molecule has 4 rings (SSSR count). The van der Waals surface area contributed by atoms with Crippen molar-refractivity contribution in [2.75, 3.05) is 20.1 Å². The van der Waals surface area contributed by atoms with E-state index in [0.29, 0.717) is 29.1 Å². The van der Waals surface area contributed by atoms with Crippen LogP contribution in [0.3, 0.4) is 0 Å². The van der Waals surface area contributed by atoms with E-state index in [1.54, 1.807) is 12.4 Å². The van der Waals surface area contributed by atoms with Gasteiger partial charge in [0.25, 0.3) is 5.91 Å². The van der Waals surface area contributed by atoms with E-state index >= 15 is 0 Å². The summed E-state index contributed by atoms with van der Waals surface area (Å²) in [4.78, 5) is 21.7. The number of likely N-dealkylation sites (N-methyl/N-ethyl adjacent to an activating group) is 1. The minimum absolute atomic E-state index is 0.0560. The molecule has 0 radical (unpaired) electrons. The van der Waals surface area contributed by atoms with Crippen LogP contribution in [0.2, 0.25) is 0 Å². The van der Waals surface area contributed by atoms with Crippen LogP contribution < -0.4 is 4.74 Å². The zero-order valence-corrected chi connectivity index (χ0v) is 14.5. The quantitative estimate of drug-likeness (QED) is 0.863. The zero-order chi connectivity index (χ0) is 17.2. The number of amides is 1. The predicted octanol–water partition coefficient (Wildman–Crippen LogP) is 3.18. The molecule has 1 amide bonds. The molecule has 25 heavy (non-hydrogen) atoms. The van der Waals surface area contributed by atoms with Gasteiger partial charge in [-0.3, -0.25) is 14.7 Å². The minimum Gasteiger partial charge on any atom is -0.455 e. The maximum Gasteiger partial charge on any atom is 0.257 e. The van der Waals surface area contributed by atoms with Crippen LogP contribution in [-0.2, 0) is 0 Å². The molecule has 2 fully saturated rings. The monoisotopic (exact) mass is 337 g/mol. The minimum atomic E-state index is 0.0560. The van der Waals surface area contributed by atoms with Gasteiger partial charge in [0.05, 0.1) is 11.8 Å². The molecular weight excluding hydrogens is 314 g/mol. The topological polar surface area (TPSA) is 45.7 Å². The fourth-order valence-corrected chi connectivity index (χ4v) is 3.93. The van der Waals surface area contributed by atoms with Gasteiger partial charge in [-0.15, -0.1) is 0 Å². The largest absolute Gasteiger partial charge is 0.455 e. The molecule has 2 bridgehead atoms. The highest BCUT2D eigenvalue weighted by molar-refractivity contribution is 5.97. The molecular formula is C20H23N3O2. The molecule has 0 N–H and O–H groups in total. The maximum atomic E-state index is 13.2. The van der Waals surface area contributed by atoms with E-state index in [1.165, 1.54) is 12.8 Å². The molecule has 0 saturated carbocycles. The van der Waals surface area contributed by atoms with Crippen LogP contribution >= 0.6 is 0 Å². The van der Waals surface area contributed by atoms with Crippen molar-refractivity contribution in [1.29, 1.82) is 0 Å². The fourth-order valence-electron chi connectivity index (χ4n) is 3.93. The molecule has 2 atom stereocenters. The summed E-state index contributed by atoms with van der Waals surface area (Å²) in [5.74, 6) is 1.28. The van der Waals surface area contributed by atoms with Crippen molar-refractivity contribution in [3.63, 3.8) is 0 Å². The standard InChI is InChI=1S/C20H23N3O2/c1-22-15-8-9-16(22)14-23(12-10-15)20(24)18-6-2-3-7-19(18)25-17-5-4-11-21-13-17/h2-7,11,13,15-16H,8-10,12,14H2,1H3. The van der Waals surface area contributed by atoms with Gasteiger partial charge in [0, 0.05) is 31.4 Å². The number of hydrogen-bond acceptors (Lipinski definition) is 4. The van der Waals surface area contributed by atoms with Crippen LogP contribution in [0.1, 0.15) is 29.6 Å². The molecule has 5 nitrogen and oxygen atoms in total. The van der Waals surface area contributed by atoms with Crippen molar-refractivity contribution >= 4 is 5.91 Å². The molecule has 130 valence electrons. The smallest absolute Gasteiger partial charge is 0.257 e. The van der Waals surface area contributed by atoms with Crippen LogP contribution in [0.4, 0.5) is 0 Å². The fraction of sp³-hybridized carbons (Fsp3) is 0.400. The number of likely N-dealkylation sites (tertiary alicyclic amines) is 1. The van der Waals surface area contributed by atoms with E-state index in [0.717, 1.165) is 19.5 Å². The summed E-state index contributed by atoms with van der Waals surface area (Å²) in [7, 11) is 2.19. The highest BCUT2D eigenvalue weighted by Crippen LogP contribution is 2.31. The molecule has 0 spiro atoms. The summed E-state index contributed by atoms with van der Waals surface area (Å²) in [6, 6.07) is 12.2. The van der Waals surface area contributed by atoms with Crippen LogP contribution in [0.25, 0.3) is 0 Å². The Morgan fingerprint density at radius 1 is 1.12 bits per heavy atom. The maximum absolute atomic E-state index is 13.2. The number of nitrogens with zero attached hydrogens (tertiary/aromatic N) is 3. The number of hydrogen-bond donors (Lipinski definition) is 0. The number of carbonyl (C=O) groups is 1. The highest BCUT2D eigenvalue weighted by atomic mass is 16.5. The van der Waals surface area contributed by atoms with Crippen LogP contribution in [-0.4, -0.2) is 52.9 Å². The molecule has 3 heterocycles. The van der Waals surface area contributed by atoms with Crippen molar-refractivity contribution < 1.29 is 9.53 Å². The second kappa shape index (κ2) is 6.84. The number of rotatable bonds is 3. The van der Waals surface area contributed by atoms with E-state index in [-0.39, 0.29) is 5.91 Å². The number of fused-ring (bicyclic) bond motifs is 2. The first-order valence-corrected chi connectivity index (χ1v) is 8.90. The number of ether oxygens (including phenoxy) is 1. The molecule has 2 saturated heterocycles. The van der Waals surface area contributed by atoms with Gasteiger partial charge >= 0.3 is 0 Å². The lowest BCUT2D eigenvalue weighted by Gasteiger charge is -2.26. The zero-order valence-electron chi connectivity index (χ0n) is 14.5. The predicted molar refractivity (Wildman–Crippen MR) is 95.8 cm³/mol. The normalized spacial score (nSPS) is 23.3. The van der Waals surface area contributed by atoms with Crippen molar-refractivity contribution in [1.82, 2.24) is 14.8 Å². The first kappa shape index (κ1) is 16.1. The summed E-state index contributed by atoms with van der Waals surface area (Å²) in [5, 5.41) is 0. The number of aromatic nitrogens is 1. The SMILES string of the molecule is CN1C2CCC1CN(C(=O)c1ccccc1Oc1cccnc1)CC2. The number of carbonyl (C=O) groups excluding carboxylic acids is 1.